The highest BCUT2D eigenvalue weighted by Crippen LogP contribution is 2.23. The maximum Gasteiger partial charge on any atom is 0.157 e. The molecule has 0 unspecified atom stereocenters. The summed E-state index contributed by atoms with van der Waals surface area (Å²) in [6.07, 6.45) is 1.94. The Kier molecular flexibility index (Phi) is 2.70. The Morgan fingerprint density at radius 2 is 1.81 bits per heavy atom. The average Bonchev–Trinajstić information content (AvgIpc) is 2.59. The van der Waals surface area contributed by atoms with Crippen molar-refractivity contribution < 1.29 is 0 Å². The van der Waals surface area contributed by atoms with E-state index in [2.05, 4.69) is 43.8 Å². The third-order valence-electron chi connectivity index (χ3n) is 2.86. The molecule has 0 aromatic carbocycles. The van der Waals surface area contributed by atoms with Crippen LogP contribution < -0.4 is 0 Å². The lowest BCUT2D eigenvalue weighted by Gasteiger charge is -2.10. The predicted molar refractivity (Wildman–Crippen MR) is 65.9 cm³/mol. The largest absolute Gasteiger partial charge is 0.235 e. The molecule has 16 heavy (non-hydrogen) atoms. The van der Waals surface area contributed by atoms with Gasteiger partial charge in [-0.3, -0.25) is 0 Å². The van der Waals surface area contributed by atoms with Crippen molar-refractivity contribution in [3.63, 3.8) is 0 Å². The van der Waals surface area contributed by atoms with E-state index in [1.165, 1.54) is 11.3 Å². The second kappa shape index (κ2) is 3.89. The van der Waals surface area contributed by atoms with E-state index in [9.17, 15) is 0 Å². The summed E-state index contributed by atoms with van der Waals surface area (Å²) in [6, 6.07) is 2.14. The van der Waals surface area contributed by atoms with Crippen LogP contribution in [0.15, 0.2) is 12.3 Å². The molecular weight excluding hydrogens is 198 g/mol. The number of imidazole rings is 1. The fraction of sp³-hybridized carbons (Fsp3) is 0.538. The van der Waals surface area contributed by atoms with Crippen molar-refractivity contribution in [2.75, 3.05) is 0 Å². The Bertz CT molecular complexity index is 509. The molecule has 0 aliphatic heterocycles. The van der Waals surface area contributed by atoms with Gasteiger partial charge in [-0.05, 0) is 24.8 Å². The lowest BCUT2D eigenvalue weighted by molar-refractivity contribution is 0.739. The van der Waals surface area contributed by atoms with E-state index >= 15 is 0 Å². The molecule has 0 amide bonds. The van der Waals surface area contributed by atoms with E-state index in [-0.39, 0.29) is 0 Å². The van der Waals surface area contributed by atoms with Crippen LogP contribution in [-0.2, 0) is 0 Å². The van der Waals surface area contributed by atoms with E-state index in [4.69, 9.17) is 0 Å². The summed E-state index contributed by atoms with van der Waals surface area (Å²) in [4.78, 5) is 4.50. The van der Waals surface area contributed by atoms with Gasteiger partial charge in [0.05, 0.1) is 17.6 Å². The molecule has 0 N–H and O–H groups in total. The zero-order valence-corrected chi connectivity index (χ0v) is 10.7. The number of hydrogen-bond donors (Lipinski definition) is 0. The fourth-order valence-electron chi connectivity index (χ4n) is 1.96. The summed E-state index contributed by atoms with van der Waals surface area (Å²) in [5, 5.41) is 4.55. The molecule has 2 aromatic rings. The first-order valence-electron chi connectivity index (χ1n) is 5.86. The highest BCUT2D eigenvalue weighted by molar-refractivity contribution is 5.50. The van der Waals surface area contributed by atoms with Gasteiger partial charge < -0.3 is 0 Å². The molecule has 0 bridgehead atoms. The Morgan fingerprint density at radius 3 is 2.38 bits per heavy atom. The monoisotopic (exact) mass is 217 g/mol. The quantitative estimate of drug-likeness (QED) is 0.772. The SMILES string of the molecule is Cc1cc(C(C)C)c2ncc(C(C)C)n2n1. The van der Waals surface area contributed by atoms with E-state index in [1.807, 2.05) is 17.6 Å². The molecule has 86 valence electrons. The third-order valence-corrected chi connectivity index (χ3v) is 2.86. The van der Waals surface area contributed by atoms with Crippen molar-refractivity contribution in [3.05, 3.63) is 29.2 Å². The summed E-state index contributed by atoms with van der Waals surface area (Å²) in [5.74, 6) is 0.927. The molecule has 2 rings (SSSR count). The molecule has 0 atom stereocenters. The molecule has 0 aliphatic carbocycles. The zero-order chi connectivity index (χ0) is 11.9. The second-order valence-electron chi connectivity index (χ2n) is 4.97. The normalized spacial score (nSPS) is 11.9. The molecule has 3 heteroatoms. The van der Waals surface area contributed by atoms with Crippen LogP contribution >= 0.6 is 0 Å². The summed E-state index contributed by atoms with van der Waals surface area (Å²) in [7, 11) is 0. The zero-order valence-electron chi connectivity index (χ0n) is 10.7. The van der Waals surface area contributed by atoms with Gasteiger partial charge >= 0.3 is 0 Å². The number of fused-ring (bicyclic) bond motifs is 1. The Morgan fingerprint density at radius 1 is 1.12 bits per heavy atom. The van der Waals surface area contributed by atoms with E-state index < -0.39 is 0 Å². The minimum Gasteiger partial charge on any atom is -0.235 e. The number of rotatable bonds is 2. The molecule has 2 aromatic heterocycles. The average molecular weight is 217 g/mol. The summed E-state index contributed by atoms with van der Waals surface area (Å²) < 4.78 is 2.00. The van der Waals surface area contributed by atoms with Crippen molar-refractivity contribution in [3.8, 4) is 0 Å². The molecule has 0 spiro atoms. The minimum atomic E-state index is 0.448. The van der Waals surface area contributed by atoms with Crippen LogP contribution in [0.1, 0.15) is 56.5 Å². The van der Waals surface area contributed by atoms with Crippen LogP contribution in [0.3, 0.4) is 0 Å². The van der Waals surface area contributed by atoms with Gasteiger partial charge in [0.15, 0.2) is 5.65 Å². The Hall–Kier alpha value is -1.38. The van der Waals surface area contributed by atoms with Crippen molar-refractivity contribution in [1.82, 2.24) is 14.6 Å². The van der Waals surface area contributed by atoms with Gasteiger partial charge in [-0.1, -0.05) is 27.7 Å². The maximum atomic E-state index is 4.55. The highest BCUT2D eigenvalue weighted by Gasteiger charge is 2.13. The minimum absolute atomic E-state index is 0.448. The molecule has 0 saturated carbocycles. The number of hydrogen-bond acceptors (Lipinski definition) is 2. The summed E-state index contributed by atoms with van der Waals surface area (Å²) in [5.41, 5.74) is 4.51. The van der Waals surface area contributed by atoms with E-state index in [0.29, 0.717) is 11.8 Å². The fourth-order valence-corrected chi connectivity index (χ4v) is 1.96. The standard InChI is InChI=1S/C13H19N3/c1-8(2)11-6-10(5)15-16-12(9(3)4)7-14-13(11)16/h6-9H,1-5H3. The maximum absolute atomic E-state index is 4.55. The summed E-state index contributed by atoms with van der Waals surface area (Å²) in [6.45, 7) is 10.8. The van der Waals surface area contributed by atoms with Crippen LogP contribution in [0, 0.1) is 6.92 Å². The lowest BCUT2D eigenvalue weighted by Crippen LogP contribution is -2.04. The van der Waals surface area contributed by atoms with Crippen LogP contribution in [-0.4, -0.2) is 14.6 Å². The van der Waals surface area contributed by atoms with Gasteiger partial charge in [0, 0.05) is 5.56 Å². The predicted octanol–water partition coefficient (Wildman–Crippen LogP) is 3.28. The molecule has 0 fully saturated rings. The van der Waals surface area contributed by atoms with Gasteiger partial charge in [-0.15, -0.1) is 0 Å². The number of aryl methyl sites for hydroxylation is 1. The smallest absolute Gasteiger partial charge is 0.157 e. The van der Waals surface area contributed by atoms with Gasteiger partial charge in [0.2, 0.25) is 0 Å². The Labute approximate surface area is 96.5 Å². The van der Waals surface area contributed by atoms with Crippen molar-refractivity contribution in [1.29, 1.82) is 0 Å². The van der Waals surface area contributed by atoms with Crippen molar-refractivity contribution in [2.24, 2.45) is 0 Å². The number of aromatic nitrogens is 3. The van der Waals surface area contributed by atoms with Gasteiger partial charge in [0.25, 0.3) is 0 Å². The van der Waals surface area contributed by atoms with E-state index in [1.54, 1.807) is 0 Å². The first kappa shape index (κ1) is 11.1. The first-order valence-corrected chi connectivity index (χ1v) is 5.86. The summed E-state index contributed by atoms with van der Waals surface area (Å²) >= 11 is 0. The van der Waals surface area contributed by atoms with Gasteiger partial charge in [-0.25, -0.2) is 9.50 Å². The van der Waals surface area contributed by atoms with Crippen LogP contribution in [0.5, 0.6) is 0 Å². The molecule has 2 heterocycles. The second-order valence-corrected chi connectivity index (χ2v) is 4.97. The molecule has 0 aliphatic rings. The highest BCUT2D eigenvalue weighted by atomic mass is 15.3. The molecular formula is C13H19N3. The van der Waals surface area contributed by atoms with E-state index in [0.717, 1.165) is 11.3 Å². The molecule has 0 saturated heterocycles. The molecule has 0 radical (unpaired) electrons. The van der Waals surface area contributed by atoms with Gasteiger partial charge in [-0.2, -0.15) is 5.10 Å². The first-order chi connectivity index (χ1) is 7.50. The Balaban J connectivity index is 2.75. The lowest BCUT2D eigenvalue weighted by atomic mass is 10.0. The van der Waals surface area contributed by atoms with Crippen LogP contribution in [0.2, 0.25) is 0 Å². The number of nitrogens with zero attached hydrogens (tertiary/aromatic N) is 3. The topological polar surface area (TPSA) is 30.2 Å². The van der Waals surface area contributed by atoms with Crippen LogP contribution in [0.4, 0.5) is 0 Å². The third kappa shape index (κ3) is 1.70. The van der Waals surface area contributed by atoms with Crippen molar-refractivity contribution >= 4 is 5.65 Å². The van der Waals surface area contributed by atoms with Gasteiger partial charge in [0.1, 0.15) is 0 Å². The molecule has 3 nitrogen and oxygen atoms in total. The van der Waals surface area contributed by atoms with Crippen LogP contribution in [0.25, 0.3) is 5.65 Å². The van der Waals surface area contributed by atoms with Crippen molar-refractivity contribution in [2.45, 2.75) is 46.5 Å².